The van der Waals surface area contributed by atoms with Gasteiger partial charge in [0.05, 0.1) is 0 Å². The van der Waals surface area contributed by atoms with Gasteiger partial charge in [-0.25, -0.2) is 0 Å². The van der Waals surface area contributed by atoms with Gasteiger partial charge in [0.25, 0.3) is 0 Å². The quantitative estimate of drug-likeness (QED) is 0.449. The molecular formula is C9H31AlN3. The Bertz CT molecular complexity index is 26.8. The van der Waals surface area contributed by atoms with Crippen molar-refractivity contribution in [3.05, 3.63) is 6.92 Å². The van der Waals surface area contributed by atoms with E-state index in [0.717, 1.165) is 6.42 Å². The molecule has 0 aromatic heterocycles. The summed E-state index contributed by atoms with van der Waals surface area (Å²) >= 11 is 0. The van der Waals surface area contributed by atoms with Crippen LogP contribution in [-0.2, 0) is 0 Å². The molecule has 3 nitrogen and oxygen atoms in total. The summed E-state index contributed by atoms with van der Waals surface area (Å²) in [7, 11) is 4.50. The zero-order chi connectivity index (χ0) is 10.8. The molecule has 4 heteroatoms. The summed E-state index contributed by atoms with van der Waals surface area (Å²) in [5, 5.41) is 0. The maximum Gasteiger partial charge on any atom is 0.187 e. The molecule has 0 bridgehead atoms. The highest BCUT2D eigenvalue weighted by Crippen LogP contribution is 1.95. The second-order valence-electron chi connectivity index (χ2n) is 1.56. The van der Waals surface area contributed by atoms with Crippen molar-refractivity contribution in [2.45, 2.75) is 32.6 Å². The van der Waals surface area contributed by atoms with Crippen molar-refractivity contribution < 1.29 is 0 Å². The first-order valence-electron chi connectivity index (χ1n) is 4.44. The van der Waals surface area contributed by atoms with Gasteiger partial charge in [0.2, 0.25) is 0 Å². The van der Waals surface area contributed by atoms with Crippen LogP contribution in [0.1, 0.15) is 32.6 Å². The summed E-state index contributed by atoms with van der Waals surface area (Å²) in [6.45, 7) is 5.93. The molecule has 0 fully saturated rings. The third-order valence-electron chi connectivity index (χ3n) is 0.854. The number of unbranched alkanes of at least 4 members (excludes halogenated alkanes) is 3. The van der Waals surface area contributed by atoms with Gasteiger partial charge in [-0.2, -0.15) is 0 Å². The average molecular weight is 208 g/mol. The molecule has 0 aliphatic carbocycles. The van der Waals surface area contributed by atoms with Crippen LogP contribution in [0.5, 0.6) is 0 Å². The fraction of sp³-hybridized carbons (Fsp3) is 0.889. The number of hydrogen-bond acceptors (Lipinski definition) is 3. The molecule has 0 saturated carbocycles. The Kier molecular flexibility index (Phi) is 187. The predicted molar refractivity (Wildman–Crippen MR) is 69.8 cm³/mol. The Labute approximate surface area is 95.6 Å². The molecule has 0 unspecified atom stereocenters. The van der Waals surface area contributed by atoms with E-state index in [9.17, 15) is 0 Å². The van der Waals surface area contributed by atoms with Crippen molar-refractivity contribution >= 4 is 17.4 Å². The minimum absolute atomic E-state index is 0. The SMILES string of the molecule is CN.CN.CN.[AlH3].[CH2]CCCCC. The smallest absolute Gasteiger partial charge is 0.187 e. The zero-order valence-corrected chi connectivity index (χ0v) is 9.27. The summed E-state index contributed by atoms with van der Waals surface area (Å²) < 4.78 is 0. The van der Waals surface area contributed by atoms with E-state index in [1.54, 1.807) is 0 Å². The van der Waals surface area contributed by atoms with Gasteiger partial charge in [-0.1, -0.05) is 39.5 Å². The molecule has 0 saturated heterocycles. The molecule has 85 valence electrons. The molecule has 0 aromatic carbocycles. The molecule has 0 aromatic rings. The summed E-state index contributed by atoms with van der Waals surface area (Å²) in [5.41, 5.74) is 13.5. The Hall–Kier alpha value is 0.412. The normalized spacial score (nSPS) is 5.54. The number of hydrogen-bond donors (Lipinski definition) is 3. The lowest BCUT2D eigenvalue weighted by molar-refractivity contribution is 0.728. The zero-order valence-electron chi connectivity index (χ0n) is 9.27. The Morgan fingerprint density at radius 2 is 1.15 bits per heavy atom. The van der Waals surface area contributed by atoms with Gasteiger partial charge in [0.15, 0.2) is 17.4 Å². The van der Waals surface area contributed by atoms with Gasteiger partial charge in [-0.3, -0.25) is 0 Å². The van der Waals surface area contributed by atoms with Crippen LogP contribution in [0.25, 0.3) is 0 Å². The van der Waals surface area contributed by atoms with Gasteiger partial charge in [-0.15, -0.1) is 0 Å². The minimum Gasteiger partial charge on any atom is -0.333 e. The molecular weight excluding hydrogens is 177 g/mol. The van der Waals surface area contributed by atoms with E-state index in [2.05, 4.69) is 31.0 Å². The Morgan fingerprint density at radius 3 is 1.23 bits per heavy atom. The Morgan fingerprint density at radius 1 is 0.846 bits per heavy atom. The number of nitrogens with two attached hydrogens (primary N) is 3. The van der Waals surface area contributed by atoms with Crippen molar-refractivity contribution in [2.24, 2.45) is 17.2 Å². The van der Waals surface area contributed by atoms with Crippen molar-refractivity contribution in [1.29, 1.82) is 0 Å². The molecule has 0 atom stereocenters. The first kappa shape index (κ1) is 29.2. The van der Waals surface area contributed by atoms with Crippen LogP contribution in [-0.4, -0.2) is 38.5 Å². The molecule has 6 N–H and O–H groups in total. The monoisotopic (exact) mass is 208 g/mol. The lowest BCUT2D eigenvalue weighted by Crippen LogP contribution is -1.69. The maximum atomic E-state index is 4.50. The standard InChI is InChI=1S/C6H13.3CH5N.Al.3H/c1-3-5-6-4-2;3*1-2;;;;/h1,3-6H2,2H3;3*2H2,1H3;;;;. The summed E-state index contributed by atoms with van der Waals surface area (Å²) in [6, 6.07) is 0. The van der Waals surface area contributed by atoms with Crippen LogP contribution < -0.4 is 17.2 Å². The van der Waals surface area contributed by atoms with Gasteiger partial charge in [-0.05, 0) is 21.1 Å². The average Bonchev–Trinajstić information content (AvgIpc) is 2.24. The van der Waals surface area contributed by atoms with E-state index in [4.69, 9.17) is 0 Å². The third kappa shape index (κ3) is 116. The van der Waals surface area contributed by atoms with Crippen LogP contribution in [0.4, 0.5) is 0 Å². The maximum absolute atomic E-state index is 4.50. The summed E-state index contributed by atoms with van der Waals surface area (Å²) in [5.74, 6) is 0. The molecule has 0 aliphatic heterocycles. The molecule has 0 rings (SSSR count). The lowest BCUT2D eigenvalue weighted by Gasteiger charge is -1.86. The second kappa shape index (κ2) is 83.0. The summed E-state index contributed by atoms with van der Waals surface area (Å²) in [4.78, 5) is 0. The van der Waals surface area contributed by atoms with E-state index in [-0.39, 0.29) is 17.4 Å². The van der Waals surface area contributed by atoms with Gasteiger partial charge in [0, 0.05) is 0 Å². The first-order chi connectivity index (χ1) is 5.91. The fourth-order valence-electron chi connectivity index (χ4n) is 0.427. The second-order valence-corrected chi connectivity index (χ2v) is 1.56. The van der Waals surface area contributed by atoms with E-state index >= 15 is 0 Å². The van der Waals surface area contributed by atoms with Crippen LogP contribution >= 0.6 is 0 Å². The van der Waals surface area contributed by atoms with E-state index in [1.807, 2.05) is 0 Å². The molecule has 0 aliphatic rings. The molecule has 0 spiro atoms. The van der Waals surface area contributed by atoms with Crippen molar-refractivity contribution in [3.8, 4) is 0 Å². The van der Waals surface area contributed by atoms with E-state index in [1.165, 1.54) is 40.4 Å². The highest BCUT2D eigenvalue weighted by molar-refractivity contribution is 5.75. The van der Waals surface area contributed by atoms with Gasteiger partial charge < -0.3 is 17.2 Å². The largest absolute Gasteiger partial charge is 0.333 e. The topological polar surface area (TPSA) is 78.1 Å². The third-order valence-corrected chi connectivity index (χ3v) is 0.854. The van der Waals surface area contributed by atoms with Crippen molar-refractivity contribution in [1.82, 2.24) is 0 Å². The molecule has 0 amide bonds. The van der Waals surface area contributed by atoms with E-state index in [0.29, 0.717) is 0 Å². The van der Waals surface area contributed by atoms with Crippen molar-refractivity contribution in [3.63, 3.8) is 0 Å². The van der Waals surface area contributed by atoms with Crippen LogP contribution in [0, 0.1) is 6.92 Å². The highest BCUT2D eigenvalue weighted by atomic mass is 27.0. The van der Waals surface area contributed by atoms with Crippen LogP contribution in [0.15, 0.2) is 0 Å². The molecule has 13 heavy (non-hydrogen) atoms. The fourth-order valence-corrected chi connectivity index (χ4v) is 0.427. The number of rotatable bonds is 3. The highest BCUT2D eigenvalue weighted by Gasteiger charge is 1.75. The summed E-state index contributed by atoms with van der Waals surface area (Å²) in [6.07, 6.45) is 5.07. The van der Waals surface area contributed by atoms with Crippen LogP contribution in [0.2, 0.25) is 0 Å². The molecule has 0 heterocycles. The first-order valence-corrected chi connectivity index (χ1v) is 4.44. The Balaban J connectivity index is -0.0000000263. The predicted octanol–water partition coefficient (Wildman–Crippen LogP) is -0.0584. The minimum atomic E-state index is 0. The van der Waals surface area contributed by atoms with Crippen molar-refractivity contribution in [2.75, 3.05) is 21.1 Å². The molecule has 1 radical (unpaired) electrons. The van der Waals surface area contributed by atoms with Crippen LogP contribution in [0.3, 0.4) is 0 Å². The van der Waals surface area contributed by atoms with Gasteiger partial charge in [0.1, 0.15) is 0 Å². The lowest BCUT2D eigenvalue weighted by atomic mass is 10.2. The van der Waals surface area contributed by atoms with Gasteiger partial charge >= 0.3 is 0 Å². The van der Waals surface area contributed by atoms with E-state index < -0.39 is 0 Å².